The number of hydrogen-bond donors (Lipinski definition) is 0. The number of nitrogens with zero attached hydrogens (tertiary/aromatic N) is 2. The van der Waals surface area contributed by atoms with Crippen molar-refractivity contribution in [3.05, 3.63) is 33.9 Å². The van der Waals surface area contributed by atoms with Crippen molar-refractivity contribution in [2.24, 2.45) is 0 Å². The fourth-order valence-electron chi connectivity index (χ4n) is 2.47. The molecule has 0 spiro atoms. The third-order valence-corrected chi connectivity index (χ3v) is 3.56. The van der Waals surface area contributed by atoms with Gasteiger partial charge in [0, 0.05) is 19.2 Å². The maximum Gasteiger partial charge on any atom is 0.311 e. The summed E-state index contributed by atoms with van der Waals surface area (Å²) < 4.78 is 10.6. The standard InChI is InChI=1S/C15H22N2O4/c1-2-21-15-6-5-13(12-14(15)17(18)19)4-3-7-16-8-10-20-11-9-16/h5-6,12H,2-4,7-11H2,1H3. The normalized spacial score (nSPS) is 15.9. The van der Waals surface area contributed by atoms with Gasteiger partial charge in [-0.25, -0.2) is 0 Å². The topological polar surface area (TPSA) is 64.8 Å². The summed E-state index contributed by atoms with van der Waals surface area (Å²) in [6, 6.07) is 5.24. The molecule has 1 aliphatic heterocycles. The van der Waals surface area contributed by atoms with E-state index in [1.807, 2.05) is 13.0 Å². The van der Waals surface area contributed by atoms with Crippen LogP contribution in [0.5, 0.6) is 5.75 Å². The number of hydrogen-bond acceptors (Lipinski definition) is 5. The number of rotatable bonds is 7. The molecule has 0 aromatic heterocycles. The van der Waals surface area contributed by atoms with E-state index in [2.05, 4.69) is 4.90 Å². The van der Waals surface area contributed by atoms with Gasteiger partial charge in [0.1, 0.15) is 0 Å². The summed E-state index contributed by atoms with van der Waals surface area (Å²) in [5.74, 6) is 0.347. The minimum Gasteiger partial charge on any atom is -0.487 e. The summed E-state index contributed by atoms with van der Waals surface area (Å²) in [7, 11) is 0. The highest BCUT2D eigenvalue weighted by Crippen LogP contribution is 2.28. The molecule has 2 rings (SSSR count). The maximum atomic E-state index is 11.1. The minimum absolute atomic E-state index is 0.0562. The zero-order valence-corrected chi connectivity index (χ0v) is 12.4. The monoisotopic (exact) mass is 294 g/mol. The highest BCUT2D eigenvalue weighted by atomic mass is 16.6. The number of benzene rings is 1. The smallest absolute Gasteiger partial charge is 0.311 e. The van der Waals surface area contributed by atoms with Crippen molar-refractivity contribution >= 4 is 5.69 Å². The third-order valence-electron chi connectivity index (χ3n) is 3.56. The molecule has 1 fully saturated rings. The van der Waals surface area contributed by atoms with Crippen molar-refractivity contribution < 1.29 is 14.4 Å². The number of aryl methyl sites for hydroxylation is 1. The van der Waals surface area contributed by atoms with Gasteiger partial charge < -0.3 is 9.47 Å². The van der Waals surface area contributed by atoms with Crippen LogP contribution in [0.4, 0.5) is 5.69 Å². The molecule has 1 aromatic rings. The fourth-order valence-corrected chi connectivity index (χ4v) is 2.47. The Bertz CT molecular complexity index is 473. The van der Waals surface area contributed by atoms with Crippen molar-refractivity contribution in [1.82, 2.24) is 4.90 Å². The molecule has 0 unspecified atom stereocenters. The first kappa shape index (κ1) is 15.7. The number of nitro benzene ring substituents is 1. The predicted molar refractivity (Wildman–Crippen MR) is 79.8 cm³/mol. The van der Waals surface area contributed by atoms with Crippen LogP contribution in [0.2, 0.25) is 0 Å². The first-order valence-electron chi connectivity index (χ1n) is 7.41. The zero-order valence-electron chi connectivity index (χ0n) is 12.4. The van der Waals surface area contributed by atoms with Gasteiger partial charge in [-0.15, -0.1) is 0 Å². The lowest BCUT2D eigenvalue weighted by Gasteiger charge is -2.26. The highest BCUT2D eigenvalue weighted by Gasteiger charge is 2.16. The van der Waals surface area contributed by atoms with Gasteiger partial charge in [-0.2, -0.15) is 0 Å². The van der Waals surface area contributed by atoms with Crippen molar-refractivity contribution in [1.29, 1.82) is 0 Å². The van der Waals surface area contributed by atoms with E-state index in [1.165, 1.54) is 0 Å². The van der Waals surface area contributed by atoms with Crippen LogP contribution in [0, 0.1) is 10.1 Å². The largest absolute Gasteiger partial charge is 0.487 e. The van der Waals surface area contributed by atoms with Crippen LogP contribution < -0.4 is 4.74 Å². The second-order valence-corrected chi connectivity index (χ2v) is 5.05. The molecule has 1 saturated heterocycles. The molecular weight excluding hydrogens is 272 g/mol. The SMILES string of the molecule is CCOc1ccc(CCCN2CCOCC2)cc1[N+](=O)[O-]. The zero-order chi connectivity index (χ0) is 15.1. The fraction of sp³-hybridized carbons (Fsp3) is 0.600. The molecular formula is C15H22N2O4. The first-order chi connectivity index (χ1) is 10.2. The summed E-state index contributed by atoms with van der Waals surface area (Å²) in [5.41, 5.74) is 1.04. The van der Waals surface area contributed by atoms with Crippen LogP contribution in [0.1, 0.15) is 18.9 Å². The number of morpholine rings is 1. The minimum atomic E-state index is -0.379. The van der Waals surface area contributed by atoms with Crippen molar-refractivity contribution in [2.75, 3.05) is 39.5 Å². The first-order valence-corrected chi connectivity index (χ1v) is 7.41. The average Bonchev–Trinajstić information content (AvgIpc) is 2.50. The Morgan fingerprint density at radius 2 is 2.14 bits per heavy atom. The average molecular weight is 294 g/mol. The molecule has 0 aliphatic carbocycles. The molecule has 1 aliphatic rings. The van der Waals surface area contributed by atoms with E-state index in [1.54, 1.807) is 12.1 Å². The molecule has 0 bridgehead atoms. The lowest BCUT2D eigenvalue weighted by molar-refractivity contribution is -0.385. The molecule has 0 atom stereocenters. The van der Waals surface area contributed by atoms with E-state index in [4.69, 9.17) is 9.47 Å². The van der Waals surface area contributed by atoms with E-state index in [0.29, 0.717) is 12.4 Å². The Hall–Kier alpha value is -1.66. The Kier molecular flexibility index (Phi) is 5.95. The van der Waals surface area contributed by atoms with Gasteiger partial charge in [0.15, 0.2) is 5.75 Å². The van der Waals surface area contributed by atoms with Crippen LogP contribution in [0.15, 0.2) is 18.2 Å². The Morgan fingerprint density at radius 3 is 2.81 bits per heavy atom. The Morgan fingerprint density at radius 1 is 1.38 bits per heavy atom. The molecule has 6 heteroatoms. The molecule has 1 heterocycles. The molecule has 1 aromatic carbocycles. The third kappa shape index (κ3) is 4.68. The van der Waals surface area contributed by atoms with Gasteiger partial charge in [-0.3, -0.25) is 15.0 Å². The van der Waals surface area contributed by atoms with Gasteiger partial charge in [0.2, 0.25) is 0 Å². The van der Waals surface area contributed by atoms with E-state index in [0.717, 1.165) is 51.3 Å². The van der Waals surface area contributed by atoms with E-state index in [9.17, 15) is 10.1 Å². The number of nitro groups is 1. The molecule has 6 nitrogen and oxygen atoms in total. The predicted octanol–water partition coefficient (Wildman–Crippen LogP) is 2.26. The maximum absolute atomic E-state index is 11.1. The van der Waals surface area contributed by atoms with Crippen molar-refractivity contribution in [3.8, 4) is 5.75 Å². The van der Waals surface area contributed by atoms with Gasteiger partial charge in [-0.1, -0.05) is 6.07 Å². The van der Waals surface area contributed by atoms with Crippen LogP contribution >= 0.6 is 0 Å². The molecule has 116 valence electrons. The summed E-state index contributed by atoms with van der Waals surface area (Å²) >= 11 is 0. The Labute approximate surface area is 124 Å². The Balaban J connectivity index is 1.90. The van der Waals surface area contributed by atoms with Crippen LogP contribution in [-0.4, -0.2) is 49.3 Å². The summed E-state index contributed by atoms with van der Waals surface area (Å²) in [4.78, 5) is 13.1. The second kappa shape index (κ2) is 7.95. The van der Waals surface area contributed by atoms with Crippen molar-refractivity contribution in [2.45, 2.75) is 19.8 Å². The van der Waals surface area contributed by atoms with E-state index in [-0.39, 0.29) is 10.6 Å². The summed E-state index contributed by atoms with van der Waals surface area (Å²) in [5, 5.41) is 11.1. The van der Waals surface area contributed by atoms with E-state index >= 15 is 0 Å². The highest BCUT2D eigenvalue weighted by molar-refractivity contribution is 5.48. The lowest BCUT2D eigenvalue weighted by atomic mass is 10.1. The summed E-state index contributed by atoms with van der Waals surface area (Å²) in [6.45, 7) is 6.80. The van der Waals surface area contributed by atoms with Crippen LogP contribution in [0.25, 0.3) is 0 Å². The number of ether oxygens (including phenoxy) is 2. The van der Waals surface area contributed by atoms with Gasteiger partial charge >= 0.3 is 5.69 Å². The quantitative estimate of drug-likeness (QED) is 0.570. The van der Waals surface area contributed by atoms with Crippen LogP contribution in [0.3, 0.4) is 0 Å². The molecule has 0 N–H and O–H groups in total. The van der Waals surface area contributed by atoms with Gasteiger partial charge in [0.25, 0.3) is 0 Å². The van der Waals surface area contributed by atoms with E-state index < -0.39 is 0 Å². The molecule has 0 saturated carbocycles. The molecule has 21 heavy (non-hydrogen) atoms. The molecule has 0 radical (unpaired) electrons. The second-order valence-electron chi connectivity index (χ2n) is 5.05. The molecule has 0 amide bonds. The van der Waals surface area contributed by atoms with Gasteiger partial charge in [-0.05, 0) is 37.9 Å². The van der Waals surface area contributed by atoms with Gasteiger partial charge in [0.05, 0.1) is 24.7 Å². The lowest BCUT2D eigenvalue weighted by Crippen LogP contribution is -2.36. The summed E-state index contributed by atoms with van der Waals surface area (Å²) in [6.07, 6.45) is 1.83. The van der Waals surface area contributed by atoms with Crippen molar-refractivity contribution in [3.63, 3.8) is 0 Å². The van der Waals surface area contributed by atoms with Crippen LogP contribution in [-0.2, 0) is 11.2 Å².